The fourth-order valence-electron chi connectivity index (χ4n) is 2.46. The van der Waals surface area contributed by atoms with Crippen LogP contribution in [0.4, 0.5) is 0 Å². The maximum atomic E-state index is 12.8. The highest BCUT2D eigenvalue weighted by Gasteiger charge is 2.20. The molecule has 26 heavy (non-hydrogen) atoms. The van der Waals surface area contributed by atoms with Crippen LogP contribution in [0.1, 0.15) is 28.7 Å². The van der Waals surface area contributed by atoms with Crippen molar-refractivity contribution in [2.75, 3.05) is 6.54 Å². The molecule has 1 aromatic heterocycles. The van der Waals surface area contributed by atoms with Crippen molar-refractivity contribution in [2.24, 2.45) is 0 Å². The highest BCUT2D eigenvalue weighted by Crippen LogP contribution is 2.23. The van der Waals surface area contributed by atoms with E-state index in [-0.39, 0.29) is 12.5 Å². The van der Waals surface area contributed by atoms with Crippen LogP contribution in [0, 0.1) is 6.92 Å². The lowest BCUT2D eigenvalue weighted by Crippen LogP contribution is -2.30. The van der Waals surface area contributed by atoms with Gasteiger partial charge in [0.15, 0.2) is 0 Å². The first-order valence-electron chi connectivity index (χ1n) is 8.12. The van der Waals surface area contributed by atoms with Gasteiger partial charge >= 0.3 is 0 Å². The zero-order valence-corrected chi connectivity index (χ0v) is 16.7. The Morgan fingerprint density at radius 3 is 2.65 bits per heavy atom. The Bertz CT molecular complexity index is 925. The van der Waals surface area contributed by atoms with Gasteiger partial charge in [0.25, 0.3) is 5.91 Å². The van der Waals surface area contributed by atoms with Crippen molar-refractivity contribution in [1.82, 2.24) is 15.0 Å². The fraction of sp³-hybridized carbons (Fsp3) is 0.211. The summed E-state index contributed by atoms with van der Waals surface area (Å²) >= 11 is 9.54. The molecule has 3 aromatic rings. The number of carbonyl (C=O) groups is 1. The third-order valence-corrected chi connectivity index (χ3v) is 4.75. The molecule has 0 saturated carbocycles. The number of rotatable bonds is 5. The summed E-state index contributed by atoms with van der Waals surface area (Å²) in [7, 11) is 0. The third-order valence-electron chi connectivity index (χ3n) is 3.93. The number of benzene rings is 2. The highest BCUT2D eigenvalue weighted by molar-refractivity contribution is 9.10. The summed E-state index contributed by atoms with van der Waals surface area (Å²) in [5.74, 6) is 0.694. The van der Waals surface area contributed by atoms with Crippen LogP contribution in [0.25, 0.3) is 11.4 Å². The van der Waals surface area contributed by atoms with E-state index in [2.05, 4.69) is 26.1 Å². The van der Waals surface area contributed by atoms with E-state index in [4.69, 9.17) is 16.1 Å². The van der Waals surface area contributed by atoms with Crippen LogP contribution in [0.3, 0.4) is 0 Å². The van der Waals surface area contributed by atoms with E-state index < -0.39 is 0 Å². The highest BCUT2D eigenvalue weighted by atomic mass is 79.9. The molecule has 1 amide bonds. The molecule has 0 fully saturated rings. The van der Waals surface area contributed by atoms with Gasteiger partial charge in [-0.25, -0.2) is 0 Å². The topological polar surface area (TPSA) is 59.2 Å². The number of carbonyl (C=O) groups excluding carboxylic acids is 1. The molecule has 7 heteroatoms. The molecule has 0 spiro atoms. The maximum absolute atomic E-state index is 12.8. The van der Waals surface area contributed by atoms with E-state index in [9.17, 15) is 4.79 Å². The van der Waals surface area contributed by atoms with Crippen molar-refractivity contribution >= 4 is 33.4 Å². The normalized spacial score (nSPS) is 10.8. The van der Waals surface area contributed by atoms with Gasteiger partial charge in [0.1, 0.15) is 6.54 Å². The molecule has 3 rings (SSSR count). The summed E-state index contributed by atoms with van der Waals surface area (Å²) in [5.41, 5.74) is 2.46. The number of hydrogen-bond acceptors (Lipinski definition) is 4. The molecular formula is C19H17BrClN3O2. The van der Waals surface area contributed by atoms with Crippen LogP contribution in [0.15, 0.2) is 51.5 Å². The molecule has 0 bridgehead atoms. The second-order valence-corrected chi connectivity index (χ2v) is 7.14. The van der Waals surface area contributed by atoms with Gasteiger partial charge in [0.2, 0.25) is 11.7 Å². The lowest BCUT2D eigenvalue weighted by atomic mass is 10.1. The Balaban J connectivity index is 1.79. The first kappa shape index (κ1) is 18.6. The summed E-state index contributed by atoms with van der Waals surface area (Å²) in [6.45, 7) is 4.62. The van der Waals surface area contributed by atoms with Gasteiger partial charge < -0.3 is 9.42 Å². The Kier molecular flexibility index (Phi) is 5.74. The SMILES string of the molecule is CCN(Cc1nc(-c2ccc(C)cc2)no1)C(=O)c1cc(Br)ccc1Cl. The van der Waals surface area contributed by atoms with Crippen molar-refractivity contribution in [2.45, 2.75) is 20.4 Å². The summed E-state index contributed by atoms with van der Waals surface area (Å²) in [6, 6.07) is 13.0. The lowest BCUT2D eigenvalue weighted by Gasteiger charge is -2.19. The molecule has 5 nitrogen and oxygen atoms in total. The Morgan fingerprint density at radius 2 is 1.96 bits per heavy atom. The molecule has 0 saturated heterocycles. The molecule has 0 radical (unpaired) electrons. The van der Waals surface area contributed by atoms with E-state index in [1.807, 2.05) is 38.1 Å². The van der Waals surface area contributed by atoms with Crippen LogP contribution in [-0.2, 0) is 6.54 Å². The van der Waals surface area contributed by atoms with E-state index in [1.54, 1.807) is 23.1 Å². The van der Waals surface area contributed by atoms with Crippen molar-refractivity contribution in [3.8, 4) is 11.4 Å². The molecular weight excluding hydrogens is 418 g/mol. The standard InChI is InChI=1S/C19H17BrClN3O2/c1-3-24(19(25)15-10-14(20)8-9-16(15)21)11-17-22-18(23-26-17)13-6-4-12(2)5-7-13/h4-10H,3,11H2,1-2H3. The summed E-state index contributed by atoms with van der Waals surface area (Å²) in [5, 5.41) is 4.41. The predicted molar refractivity (Wildman–Crippen MR) is 104 cm³/mol. The quantitative estimate of drug-likeness (QED) is 0.559. The van der Waals surface area contributed by atoms with Gasteiger partial charge in [-0.1, -0.05) is 62.5 Å². The van der Waals surface area contributed by atoms with E-state index in [0.717, 1.165) is 15.6 Å². The van der Waals surface area contributed by atoms with Gasteiger partial charge in [-0.2, -0.15) is 4.98 Å². The number of aromatic nitrogens is 2. The largest absolute Gasteiger partial charge is 0.337 e. The lowest BCUT2D eigenvalue weighted by molar-refractivity contribution is 0.0734. The van der Waals surface area contributed by atoms with Crippen LogP contribution < -0.4 is 0 Å². The first-order valence-corrected chi connectivity index (χ1v) is 9.29. The van der Waals surface area contributed by atoms with Crippen LogP contribution in [-0.4, -0.2) is 27.5 Å². The van der Waals surface area contributed by atoms with Gasteiger partial charge in [-0.15, -0.1) is 0 Å². The number of amides is 1. The molecule has 0 N–H and O–H groups in total. The van der Waals surface area contributed by atoms with E-state index >= 15 is 0 Å². The minimum absolute atomic E-state index is 0.186. The monoisotopic (exact) mass is 433 g/mol. The molecule has 134 valence electrons. The minimum atomic E-state index is -0.186. The van der Waals surface area contributed by atoms with Gasteiger partial charge in [-0.3, -0.25) is 4.79 Å². The molecule has 0 atom stereocenters. The molecule has 0 aliphatic carbocycles. The van der Waals surface area contributed by atoms with Gasteiger partial charge in [0.05, 0.1) is 10.6 Å². The number of aryl methyl sites for hydroxylation is 1. The average molecular weight is 435 g/mol. The van der Waals surface area contributed by atoms with Crippen molar-refractivity contribution in [3.63, 3.8) is 0 Å². The van der Waals surface area contributed by atoms with Gasteiger partial charge in [0, 0.05) is 16.6 Å². The van der Waals surface area contributed by atoms with E-state index in [0.29, 0.717) is 28.8 Å². The zero-order chi connectivity index (χ0) is 18.7. The summed E-state index contributed by atoms with van der Waals surface area (Å²) in [4.78, 5) is 18.8. The second-order valence-electron chi connectivity index (χ2n) is 5.82. The number of halogens is 2. The van der Waals surface area contributed by atoms with Crippen molar-refractivity contribution in [3.05, 3.63) is 69.0 Å². The summed E-state index contributed by atoms with van der Waals surface area (Å²) in [6.07, 6.45) is 0. The molecule has 0 aliphatic rings. The van der Waals surface area contributed by atoms with E-state index in [1.165, 1.54) is 0 Å². The molecule has 0 aliphatic heterocycles. The fourth-order valence-corrected chi connectivity index (χ4v) is 3.02. The van der Waals surface area contributed by atoms with Gasteiger partial charge in [-0.05, 0) is 32.0 Å². The van der Waals surface area contributed by atoms with Crippen molar-refractivity contribution in [1.29, 1.82) is 0 Å². The first-order chi connectivity index (χ1) is 12.5. The Labute approximate surface area is 165 Å². The number of nitrogens with zero attached hydrogens (tertiary/aromatic N) is 3. The molecule has 2 aromatic carbocycles. The van der Waals surface area contributed by atoms with Crippen LogP contribution >= 0.6 is 27.5 Å². The number of hydrogen-bond donors (Lipinski definition) is 0. The van der Waals surface area contributed by atoms with Crippen molar-refractivity contribution < 1.29 is 9.32 Å². The molecule has 1 heterocycles. The van der Waals surface area contributed by atoms with Crippen LogP contribution in [0.5, 0.6) is 0 Å². The minimum Gasteiger partial charge on any atom is -0.337 e. The molecule has 0 unspecified atom stereocenters. The second kappa shape index (κ2) is 8.01. The Hall–Kier alpha value is -2.18. The van der Waals surface area contributed by atoms with Crippen LogP contribution in [0.2, 0.25) is 5.02 Å². The third kappa shape index (κ3) is 4.14. The Morgan fingerprint density at radius 1 is 1.23 bits per heavy atom. The maximum Gasteiger partial charge on any atom is 0.255 e. The predicted octanol–water partition coefficient (Wildman–Crippen LogP) is 5.12. The smallest absolute Gasteiger partial charge is 0.255 e. The zero-order valence-electron chi connectivity index (χ0n) is 14.4. The average Bonchev–Trinajstić information content (AvgIpc) is 3.10. The summed E-state index contributed by atoms with van der Waals surface area (Å²) < 4.78 is 6.12.